The molecule has 3 aromatic rings. The number of fused-ring (bicyclic) bond motifs is 1. The molecule has 1 aliphatic heterocycles. The Labute approximate surface area is 173 Å². The van der Waals surface area contributed by atoms with E-state index in [1.54, 1.807) is 4.57 Å². The third kappa shape index (κ3) is 3.36. The normalized spacial score (nSPS) is 16.1. The molecule has 0 saturated heterocycles. The van der Waals surface area contributed by atoms with Crippen molar-refractivity contribution in [2.45, 2.75) is 26.1 Å². The molecule has 0 radical (unpaired) electrons. The molecular formula is C19H13Cl2F3N4O. The van der Waals surface area contributed by atoms with Gasteiger partial charge < -0.3 is 9.47 Å². The highest BCUT2D eigenvalue weighted by molar-refractivity contribution is 6.43. The molecule has 0 saturated carbocycles. The quantitative estimate of drug-likeness (QED) is 0.542. The molecule has 1 aliphatic rings. The predicted octanol–water partition coefficient (Wildman–Crippen LogP) is 4.71. The van der Waals surface area contributed by atoms with E-state index in [0.717, 1.165) is 18.2 Å². The molecule has 1 aromatic heterocycles. The summed E-state index contributed by atoms with van der Waals surface area (Å²) < 4.78 is 42.1. The number of hydrogen-bond acceptors (Lipinski definition) is 3. The molecule has 0 bridgehead atoms. The van der Waals surface area contributed by atoms with E-state index in [1.807, 2.05) is 6.92 Å². The minimum Gasteiger partial charge on any atom is -0.327 e. The molecule has 1 amide bonds. The molecule has 5 nitrogen and oxygen atoms in total. The summed E-state index contributed by atoms with van der Waals surface area (Å²) in [7, 11) is 0. The van der Waals surface area contributed by atoms with Crippen molar-refractivity contribution < 1.29 is 18.0 Å². The summed E-state index contributed by atoms with van der Waals surface area (Å²) >= 11 is 11.9. The van der Waals surface area contributed by atoms with E-state index in [2.05, 4.69) is 10.2 Å². The monoisotopic (exact) mass is 440 g/mol. The maximum atomic E-state index is 13.6. The molecule has 0 spiro atoms. The molecule has 2 heterocycles. The Balaban J connectivity index is 1.66. The van der Waals surface area contributed by atoms with E-state index >= 15 is 0 Å². The molecule has 1 unspecified atom stereocenters. The number of carbonyl (C=O) groups is 1. The Morgan fingerprint density at radius 2 is 1.76 bits per heavy atom. The van der Waals surface area contributed by atoms with Gasteiger partial charge in [-0.25, -0.2) is 13.2 Å². The second-order valence-electron chi connectivity index (χ2n) is 6.68. The summed E-state index contributed by atoms with van der Waals surface area (Å²) in [6.45, 7) is 2.26. The minimum atomic E-state index is -0.983. The first kappa shape index (κ1) is 19.7. The Bertz CT molecular complexity index is 1130. The molecule has 0 N–H and O–H groups in total. The molecule has 0 aliphatic carbocycles. The molecule has 0 fully saturated rings. The Kier molecular flexibility index (Phi) is 5.00. The molecule has 2 aromatic carbocycles. The second-order valence-corrected chi connectivity index (χ2v) is 7.44. The van der Waals surface area contributed by atoms with Gasteiger partial charge in [0.25, 0.3) is 5.91 Å². The van der Waals surface area contributed by atoms with Gasteiger partial charge in [0.15, 0.2) is 23.3 Å². The summed E-state index contributed by atoms with van der Waals surface area (Å²) in [4.78, 5) is 14.5. The van der Waals surface area contributed by atoms with Crippen LogP contribution in [0.15, 0.2) is 30.3 Å². The molecule has 10 heteroatoms. The van der Waals surface area contributed by atoms with Crippen molar-refractivity contribution in [1.29, 1.82) is 0 Å². The van der Waals surface area contributed by atoms with Crippen molar-refractivity contribution in [3.63, 3.8) is 0 Å². The van der Waals surface area contributed by atoms with Gasteiger partial charge in [0.2, 0.25) is 0 Å². The standard InChI is InChI=1S/C19H13Cl2F3N4O/c1-9-7-28-15(25-26-18(28)10-2-4-12(22)14(24)6-10)8-27(9)19(29)11-3-5-13(23)17(21)16(11)20/h2-6,9H,7-8H2,1H3. The molecular weight excluding hydrogens is 428 g/mol. The lowest BCUT2D eigenvalue weighted by atomic mass is 10.1. The lowest BCUT2D eigenvalue weighted by Gasteiger charge is -2.34. The first-order valence-corrected chi connectivity index (χ1v) is 9.35. The highest BCUT2D eigenvalue weighted by Gasteiger charge is 2.32. The number of benzene rings is 2. The first-order valence-electron chi connectivity index (χ1n) is 8.60. The van der Waals surface area contributed by atoms with Crippen molar-refractivity contribution in [1.82, 2.24) is 19.7 Å². The van der Waals surface area contributed by atoms with Crippen LogP contribution in [0.4, 0.5) is 13.2 Å². The Morgan fingerprint density at radius 3 is 2.48 bits per heavy atom. The lowest BCUT2D eigenvalue weighted by molar-refractivity contribution is 0.0612. The predicted molar refractivity (Wildman–Crippen MR) is 101 cm³/mol. The van der Waals surface area contributed by atoms with Gasteiger partial charge in [0.05, 0.1) is 22.2 Å². The minimum absolute atomic E-state index is 0.0821. The van der Waals surface area contributed by atoms with E-state index in [1.165, 1.54) is 17.0 Å². The Hall–Kier alpha value is -2.58. The summed E-state index contributed by atoms with van der Waals surface area (Å²) in [5, 5.41) is 7.69. The molecule has 150 valence electrons. The smallest absolute Gasteiger partial charge is 0.256 e. The van der Waals surface area contributed by atoms with Crippen molar-refractivity contribution in [3.8, 4) is 11.4 Å². The van der Waals surface area contributed by atoms with E-state index in [4.69, 9.17) is 23.2 Å². The van der Waals surface area contributed by atoms with Gasteiger partial charge in [-0.1, -0.05) is 23.2 Å². The Morgan fingerprint density at radius 1 is 1.03 bits per heavy atom. The summed E-state index contributed by atoms with van der Waals surface area (Å²) in [5.41, 5.74) is 0.460. The van der Waals surface area contributed by atoms with Gasteiger partial charge in [0.1, 0.15) is 5.82 Å². The first-order chi connectivity index (χ1) is 13.8. The topological polar surface area (TPSA) is 51.0 Å². The maximum Gasteiger partial charge on any atom is 0.256 e. The summed E-state index contributed by atoms with van der Waals surface area (Å²) in [6, 6.07) is 5.56. The number of nitrogens with zero attached hydrogens (tertiary/aromatic N) is 4. The number of aromatic nitrogens is 3. The maximum absolute atomic E-state index is 13.6. The van der Waals surface area contributed by atoms with Crippen LogP contribution < -0.4 is 0 Å². The summed E-state index contributed by atoms with van der Waals surface area (Å²) in [6.07, 6.45) is 0. The average Bonchev–Trinajstić information content (AvgIpc) is 3.10. The zero-order chi connectivity index (χ0) is 20.9. The van der Waals surface area contributed by atoms with Gasteiger partial charge >= 0.3 is 0 Å². The van der Waals surface area contributed by atoms with E-state index in [9.17, 15) is 18.0 Å². The van der Waals surface area contributed by atoms with Gasteiger partial charge in [0, 0.05) is 18.2 Å². The highest BCUT2D eigenvalue weighted by Crippen LogP contribution is 2.31. The summed E-state index contributed by atoms with van der Waals surface area (Å²) in [5.74, 6) is -2.22. The van der Waals surface area contributed by atoms with Crippen LogP contribution >= 0.6 is 23.2 Å². The van der Waals surface area contributed by atoms with Gasteiger partial charge in [-0.15, -0.1) is 10.2 Å². The van der Waals surface area contributed by atoms with Gasteiger partial charge in [-0.3, -0.25) is 4.79 Å². The molecule has 1 atom stereocenters. The van der Waals surface area contributed by atoms with Crippen LogP contribution in [0, 0.1) is 17.5 Å². The average molecular weight is 441 g/mol. The van der Waals surface area contributed by atoms with Crippen LogP contribution in [0.25, 0.3) is 11.4 Å². The number of carbonyl (C=O) groups excluding carboxylic acids is 1. The van der Waals surface area contributed by atoms with Crippen LogP contribution in [0.5, 0.6) is 0 Å². The van der Waals surface area contributed by atoms with Crippen LogP contribution in [0.2, 0.25) is 10.0 Å². The second kappa shape index (κ2) is 7.35. The lowest BCUT2D eigenvalue weighted by Crippen LogP contribution is -2.45. The third-order valence-electron chi connectivity index (χ3n) is 4.82. The SMILES string of the molecule is CC1Cn2c(nnc2-c2ccc(F)c(F)c2)CN1C(=O)c1ccc(F)c(Cl)c1Cl. The fourth-order valence-corrected chi connectivity index (χ4v) is 3.68. The van der Waals surface area contributed by atoms with Crippen LogP contribution in [-0.4, -0.2) is 31.6 Å². The molecule has 29 heavy (non-hydrogen) atoms. The van der Waals surface area contributed by atoms with E-state index in [0.29, 0.717) is 23.8 Å². The van der Waals surface area contributed by atoms with Crippen LogP contribution in [0.1, 0.15) is 23.1 Å². The molecule has 4 rings (SSSR count). The fraction of sp³-hybridized carbons (Fsp3) is 0.211. The fourth-order valence-electron chi connectivity index (χ4n) is 3.28. The third-order valence-corrected chi connectivity index (χ3v) is 5.68. The van der Waals surface area contributed by atoms with Crippen molar-refractivity contribution in [2.24, 2.45) is 0 Å². The van der Waals surface area contributed by atoms with Crippen molar-refractivity contribution in [2.75, 3.05) is 0 Å². The zero-order valence-electron chi connectivity index (χ0n) is 15.0. The van der Waals surface area contributed by atoms with Crippen molar-refractivity contribution in [3.05, 3.63) is 69.2 Å². The number of halogens is 5. The van der Waals surface area contributed by atoms with Gasteiger partial charge in [-0.2, -0.15) is 0 Å². The van der Waals surface area contributed by atoms with Crippen LogP contribution in [-0.2, 0) is 13.1 Å². The van der Waals surface area contributed by atoms with Gasteiger partial charge in [-0.05, 0) is 37.3 Å². The highest BCUT2D eigenvalue weighted by atomic mass is 35.5. The van der Waals surface area contributed by atoms with Crippen molar-refractivity contribution >= 4 is 29.1 Å². The van der Waals surface area contributed by atoms with E-state index in [-0.39, 0.29) is 28.2 Å². The largest absolute Gasteiger partial charge is 0.327 e. The van der Waals surface area contributed by atoms with E-state index < -0.39 is 23.4 Å². The van der Waals surface area contributed by atoms with Crippen LogP contribution in [0.3, 0.4) is 0 Å². The number of rotatable bonds is 2. The zero-order valence-corrected chi connectivity index (χ0v) is 16.5. The number of hydrogen-bond donors (Lipinski definition) is 0. The number of amides is 1.